The van der Waals surface area contributed by atoms with Gasteiger partial charge in [-0.3, -0.25) is 9.78 Å². The van der Waals surface area contributed by atoms with E-state index in [9.17, 15) is 4.79 Å². The molecule has 1 aromatic heterocycles. The van der Waals surface area contributed by atoms with E-state index in [1.165, 1.54) is 7.11 Å². The number of anilines is 1. The third-order valence-electron chi connectivity index (χ3n) is 5.21. The number of aryl methyl sites for hydroxylation is 1. The minimum atomic E-state index is -0.236. The fraction of sp³-hybridized carbons (Fsp3) is 0.360. The van der Waals surface area contributed by atoms with Gasteiger partial charge < -0.3 is 30.4 Å². The zero-order valence-corrected chi connectivity index (χ0v) is 19.3. The summed E-state index contributed by atoms with van der Waals surface area (Å²) < 4.78 is 17.0. The van der Waals surface area contributed by atoms with Crippen LogP contribution in [0.3, 0.4) is 0 Å². The number of aromatic nitrogens is 1. The van der Waals surface area contributed by atoms with Crippen LogP contribution < -0.4 is 25.3 Å². The van der Waals surface area contributed by atoms with E-state index in [0.717, 1.165) is 16.6 Å². The molecule has 0 aliphatic carbocycles. The average Bonchev–Trinajstić information content (AvgIpc) is 2.81. The summed E-state index contributed by atoms with van der Waals surface area (Å²) in [5.74, 6) is 1.38. The number of carbonyl (C=O) groups is 1. The molecule has 1 amide bonds. The van der Waals surface area contributed by atoms with Crippen LogP contribution in [0.4, 0.5) is 5.69 Å². The van der Waals surface area contributed by atoms with Crippen molar-refractivity contribution in [1.82, 2.24) is 10.3 Å². The number of methoxy groups -OCH3 is 1. The number of carbonyl (C=O) groups excluding carboxylic acids is 1. The molecule has 0 aliphatic rings. The van der Waals surface area contributed by atoms with Crippen LogP contribution in [-0.2, 0) is 0 Å². The van der Waals surface area contributed by atoms with Crippen molar-refractivity contribution in [3.63, 3.8) is 0 Å². The predicted octanol–water partition coefficient (Wildman–Crippen LogP) is 3.48. The second-order valence-corrected chi connectivity index (χ2v) is 7.68. The molecule has 8 heteroatoms. The second kappa shape index (κ2) is 11.4. The number of ether oxygens (including phenoxy) is 3. The van der Waals surface area contributed by atoms with Crippen molar-refractivity contribution in [3.8, 4) is 17.2 Å². The van der Waals surface area contributed by atoms with Gasteiger partial charge >= 0.3 is 0 Å². The molecule has 3 aromatic rings. The molecule has 8 nitrogen and oxygen atoms in total. The van der Waals surface area contributed by atoms with Crippen molar-refractivity contribution in [2.24, 2.45) is 0 Å². The van der Waals surface area contributed by atoms with E-state index in [1.54, 1.807) is 18.2 Å². The lowest BCUT2D eigenvalue weighted by Gasteiger charge is -2.19. The molecule has 2 aromatic carbocycles. The van der Waals surface area contributed by atoms with E-state index in [1.807, 2.05) is 38.1 Å². The number of nitrogen functional groups attached to an aromatic ring is 1. The Labute approximate surface area is 193 Å². The van der Waals surface area contributed by atoms with Gasteiger partial charge in [0, 0.05) is 30.0 Å². The number of aliphatic hydroxyl groups excluding tert-OH is 1. The number of hydrogen-bond donors (Lipinski definition) is 3. The number of nitrogens with one attached hydrogen (secondary N) is 1. The van der Waals surface area contributed by atoms with E-state index in [4.69, 9.17) is 25.1 Å². The van der Waals surface area contributed by atoms with Gasteiger partial charge in [-0.15, -0.1) is 0 Å². The van der Waals surface area contributed by atoms with Gasteiger partial charge in [0.25, 0.3) is 5.91 Å². The van der Waals surface area contributed by atoms with Gasteiger partial charge in [-0.05, 0) is 49.7 Å². The third-order valence-corrected chi connectivity index (χ3v) is 5.21. The number of amides is 1. The quantitative estimate of drug-likeness (QED) is 0.381. The standard InChI is InChI=1S/C25H31N3O5/c1-4-18(15-33-22-8-5-7-20-24(22)19(26)13-16(2)27-20)28-25(30)17-9-10-21(23(14-17)31-3)32-12-6-11-29/h5,7-10,13-14,18,29H,4,6,11-12,15H2,1-3H3,(H2,26,27)(H,28,30)/t18-/m0/s1. The number of nitrogens with zero attached hydrogens (tertiary/aromatic N) is 1. The average molecular weight is 454 g/mol. The topological polar surface area (TPSA) is 116 Å². The van der Waals surface area contributed by atoms with Crippen LogP contribution in [0.2, 0.25) is 0 Å². The number of rotatable bonds is 11. The van der Waals surface area contributed by atoms with Crippen molar-refractivity contribution in [2.45, 2.75) is 32.7 Å². The molecule has 1 heterocycles. The number of pyridine rings is 1. The highest BCUT2D eigenvalue weighted by molar-refractivity contribution is 5.96. The molecule has 0 unspecified atom stereocenters. The first-order valence-electron chi connectivity index (χ1n) is 11.0. The zero-order chi connectivity index (χ0) is 23.8. The molecule has 33 heavy (non-hydrogen) atoms. The highest BCUT2D eigenvalue weighted by Crippen LogP contribution is 2.31. The Morgan fingerprint density at radius 1 is 1.15 bits per heavy atom. The summed E-state index contributed by atoms with van der Waals surface area (Å²) in [6.45, 7) is 4.57. The van der Waals surface area contributed by atoms with Gasteiger partial charge in [0.2, 0.25) is 0 Å². The van der Waals surface area contributed by atoms with E-state index in [0.29, 0.717) is 47.9 Å². The van der Waals surface area contributed by atoms with E-state index in [-0.39, 0.29) is 25.2 Å². The molecule has 4 N–H and O–H groups in total. The predicted molar refractivity (Wildman–Crippen MR) is 128 cm³/mol. The molecule has 0 bridgehead atoms. The van der Waals surface area contributed by atoms with E-state index >= 15 is 0 Å². The lowest BCUT2D eigenvalue weighted by molar-refractivity contribution is 0.0920. The first-order chi connectivity index (χ1) is 16.0. The van der Waals surface area contributed by atoms with Crippen LogP contribution in [0.5, 0.6) is 17.2 Å². The molecule has 176 valence electrons. The highest BCUT2D eigenvalue weighted by Gasteiger charge is 2.17. The van der Waals surface area contributed by atoms with Crippen LogP contribution >= 0.6 is 0 Å². The molecule has 0 fully saturated rings. The fourth-order valence-electron chi connectivity index (χ4n) is 3.44. The minimum absolute atomic E-state index is 0.0464. The van der Waals surface area contributed by atoms with Gasteiger partial charge in [0.05, 0.1) is 30.7 Å². The number of fused-ring (bicyclic) bond motifs is 1. The zero-order valence-electron chi connectivity index (χ0n) is 19.3. The van der Waals surface area contributed by atoms with Crippen LogP contribution in [-0.4, -0.2) is 49.0 Å². The summed E-state index contributed by atoms with van der Waals surface area (Å²) in [4.78, 5) is 17.4. The largest absolute Gasteiger partial charge is 0.493 e. The van der Waals surface area contributed by atoms with E-state index < -0.39 is 0 Å². The molecular formula is C25H31N3O5. The Morgan fingerprint density at radius 2 is 1.97 bits per heavy atom. The summed E-state index contributed by atoms with van der Waals surface area (Å²) in [6, 6.07) is 12.2. The Hall–Kier alpha value is -3.52. The monoisotopic (exact) mass is 453 g/mol. The number of benzene rings is 2. The Balaban J connectivity index is 1.68. The van der Waals surface area contributed by atoms with Gasteiger partial charge in [0.15, 0.2) is 11.5 Å². The van der Waals surface area contributed by atoms with Crippen LogP contribution in [0, 0.1) is 6.92 Å². The number of aliphatic hydroxyl groups is 1. The molecule has 1 atom stereocenters. The summed E-state index contributed by atoms with van der Waals surface area (Å²) in [6.07, 6.45) is 1.20. The summed E-state index contributed by atoms with van der Waals surface area (Å²) in [7, 11) is 1.52. The van der Waals surface area contributed by atoms with E-state index in [2.05, 4.69) is 10.3 Å². The molecule has 0 saturated heterocycles. The first kappa shape index (κ1) is 24.1. The first-order valence-corrected chi connectivity index (χ1v) is 11.0. The van der Waals surface area contributed by atoms with Crippen molar-refractivity contribution < 1.29 is 24.1 Å². The molecule has 0 aliphatic heterocycles. The lowest BCUT2D eigenvalue weighted by Crippen LogP contribution is -2.38. The summed E-state index contributed by atoms with van der Waals surface area (Å²) >= 11 is 0. The summed E-state index contributed by atoms with van der Waals surface area (Å²) in [5, 5.41) is 12.7. The Kier molecular flexibility index (Phi) is 8.32. The Morgan fingerprint density at radius 3 is 2.70 bits per heavy atom. The van der Waals surface area contributed by atoms with Crippen molar-refractivity contribution in [2.75, 3.05) is 32.7 Å². The molecule has 0 spiro atoms. The van der Waals surface area contributed by atoms with Crippen LogP contribution in [0.25, 0.3) is 10.9 Å². The minimum Gasteiger partial charge on any atom is -0.493 e. The Bertz CT molecular complexity index is 1100. The highest BCUT2D eigenvalue weighted by atomic mass is 16.5. The maximum absolute atomic E-state index is 12.8. The lowest BCUT2D eigenvalue weighted by atomic mass is 10.1. The van der Waals surface area contributed by atoms with Gasteiger partial charge in [-0.2, -0.15) is 0 Å². The number of hydrogen-bond acceptors (Lipinski definition) is 7. The number of nitrogens with two attached hydrogens (primary N) is 1. The van der Waals surface area contributed by atoms with Crippen molar-refractivity contribution >= 4 is 22.5 Å². The normalized spacial score (nSPS) is 11.8. The maximum atomic E-state index is 12.8. The SMILES string of the molecule is CC[C@@H](COc1cccc2nc(C)cc(N)c12)NC(=O)c1ccc(OCCCO)c(OC)c1. The van der Waals surface area contributed by atoms with Gasteiger partial charge in [0.1, 0.15) is 12.4 Å². The van der Waals surface area contributed by atoms with Crippen molar-refractivity contribution in [1.29, 1.82) is 0 Å². The maximum Gasteiger partial charge on any atom is 0.251 e. The summed E-state index contributed by atoms with van der Waals surface area (Å²) in [5.41, 5.74) is 8.89. The smallest absolute Gasteiger partial charge is 0.251 e. The molecule has 3 rings (SSSR count). The second-order valence-electron chi connectivity index (χ2n) is 7.68. The molecule has 0 saturated carbocycles. The fourth-order valence-corrected chi connectivity index (χ4v) is 3.44. The van der Waals surface area contributed by atoms with Gasteiger partial charge in [-0.1, -0.05) is 13.0 Å². The molecule has 0 radical (unpaired) electrons. The third kappa shape index (κ3) is 6.04. The van der Waals surface area contributed by atoms with Crippen LogP contribution in [0.15, 0.2) is 42.5 Å². The molecular weight excluding hydrogens is 422 g/mol. The van der Waals surface area contributed by atoms with Gasteiger partial charge in [-0.25, -0.2) is 0 Å². The van der Waals surface area contributed by atoms with Crippen LogP contribution in [0.1, 0.15) is 35.8 Å². The van der Waals surface area contributed by atoms with Crippen molar-refractivity contribution in [3.05, 3.63) is 53.7 Å².